The van der Waals surface area contributed by atoms with E-state index in [9.17, 15) is 0 Å². The van der Waals surface area contributed by atoms with Crippen LogP contribution in [0.15, 0.2) is 0 Å². The van der Waals surface area contributed by atoms with Gasteiger partial charge < -0.3 is 10.8 Å². The molecule has 4 N–H and O–H groups in total. The molecule has 0 unspecified atom stereocenters. The fourth-order valence-corrected chi connectivity index (χ4v) is 1.67. The van der Waals surface area contributed by atoms with Gasteiger partial charge >= 0.3 is 0 Å². The highest BCUT2D eigenvalue weighted by Gasteiger charge is 2.13. The van der Waals surface area contributed by atoms with E-state index in [4.69, 9.17) is 16.2 Å². The van der Waals surface area contributed by atoms with Crippen molar-refractivity contribution < 1.29 is 5.11 Å². The number of nitrogens with two attached hydrogens (primary N) is 1. The largest absolute Gasteiger partial charge is 0.395 e. The molecule has 0 rings (SSSR count). The van der Waals surface area contributed by atoms with Gasteiger partial charge in [-0.25, -0.2) is 0 Å². The van der Waals surface area contributed by atoms with Crippen LogP contribution in [0.3, 0.4) is 0 Å². The van der Waals surface area contributed by atoms with Crippen LogP contribution in [0.1, 0.15) is 33.1 Å². The number of aliphatic hydroxyl groups excluding tert-OH is 1. The Morgan fingerprint density at radius 2 is 1.93 bits per heavy atom. The van der Waals surface area contributed by atoms with Gasteiger partial charge in [0.1, 0.15) is 0 Å². The van der Waals surface area contributed by atoms with Gasteiger partial charge in [0, 0.05) is 25.6 Å². The zero-order valence-corrected chi connectivity index (χ0v) is 9.29. The third-order valence-electron chi connectivity index (χ3n) is 2.51. The second-order valence-electron chi connectivity index (χ2n) is 3.51. The van der Waals surface area contributed by atoms with E-state index in [2.05, 4.69) is 18.7 Å². The van der Waals surface area contributed by atoms with Crippen LogP contribution in [0, 0.1) is 5.41 Å². The van der Waals surface area contributed by atoms with Gasteiger partial charge in [-0.15, -0.1) is 0 Å². The molecule has 0 saturated carbocycles. The molecular formula is C10H23N3O. The zero-order chi connectivity index (χ0) is 11.0. The molecule has 0 heterocycles. The fraction of sp³-hybridized carbons (Fsp3) is 0.900. The third-order valence-corrected chi connectivity index (χ3v) is 2.51. The van der Waals surface area contributed by atoms with Crippen molar-refractivity contribution in [1.29, 1.82) is 5.41 Å². The first-order valence-corrected chi connectivity index (χ1v) is 5.33. The summed E-state index contributed by atoms with van der Waals surface area (Å²) >= 11 is 0. The fourth-order valence-electron chi connectivity index (χ4n) is 1.67. The number of aliphatic hydroxyl groups is 1. The summed E-state index contributed by atoms with van der Waals surface area (Å²) in [6.07, 6.45) is 2.75. The standard InChI is InChI=1S/C10H23N3O/c1-3-9(4-2)13(7-8-14)6-5-10(11)12/h9,14H,3-8H2,1-2H3,(H3,11,12). The molecule has 84 valence electrons. The van der Waals surface area contributed by atoms with Crippen LogP contribution < -0.4 is 5.73 Å². The second-order valence-corrected chi connectivity index (χ2v) is 3.51. The Balaban J connectivity index is 4.04. The van der Waals surface area contributed by atoms with Crippen molar-refractivity contribution in [2.75, 3.05) is 19.7 Å². The lowest BCUT2D eigenvalue weighted by Crippen LogP contribution is -2.38. The van der Waals surface area contributed by atoms with Gasteiger partial charge in [0.15, 0.2) is 0 Å². The summed E-state index contributed by atoms with van der Waals surface area (Å²) in [5.41, 5.74) is 5.31. The summed E-state index contributed by atoms with van der Waals surface area (Å²) in [4.78, 5) is 2.21. The summed E-state index contributed by atoms with van der Waals surface area (Å²) in [5, 5.41) is 16.1. The highest BCUT2D eigenvalue weighted by atomic mass is 16.3. The highest BCUT2D eigenvalue weighted by Crippen LogP contribution is 2.08. The van der Waals surface area contributed by atoms with E-state index in [0.29, 0.717) is 19.0 Å². The van der Waals surface area contributed by atoms with Crippen LogP contribution in [0.5, 0.6) is 0 Å². The first-order chi connectivity index (χ1) is 6.65. The Hall–Kier alpha value is -0.610. The molecule has 0 spiro atoms. The number of rotatable bonds is 8. The molecule has 4 heteroatoms. The summed E-state index contributed by atoms with van der Waals surface area (Å²) < 4.78 is 0. The van der Waals surface area contributed by atoms with Gasteiger partial charge in [0.2, 0.25) is 0 Å². The molecule has 0 amide bonds. The van der Waals surface area contributed by atoms with E-state index >= 15 is 0 Å². The van der Waals surface area contributed by atoms with Gasteiger partial charge in [-0.2, -0.15) is 0 Å². The molecular weight excluding hydrogens is 178 g/mol. The van der Waals surface area contributed by atoms with Crippen molar-refractivity contribution in [3.05, 3.63) is 0 Å². The van der Waals surface area contributed by atoms with E-state index in [0.717, 1.165) is 19.4 Å². The average molecular weight is 201 g/mol. The van der Waals surface area contributed by atoms with Crippen molar-refractivity contribution in [1.82, 2.24) is 4.90 Å². The summed E-state index contributed by atoms with van der Waals surface area (Å²) in [6, 6.07) is 0.501. The molecule has 0 aromatic rings. The van der Waals surface area contributed by atoms with Gasteiger partial charge in [-0.1, -0.05) is 13.8 Å². The van der Waals surface area contributed by atoms with Crippen molar-refractivity contribution in [2.24, 2.45) is 5.73 Å². The smallest absolute Gasteiger partial charge is 0.0918 e. The Morgan fingerprint density at radius 1 is 1.36 bits per heavy atom. The highest BCUT2D eigenvalue weighted by molar-refractivity contribution is 5.76. The zero-order valence-electron chi connectivity index (χ0n) is 9.29. The predicted octanol–water partition coefficient (Wildman–Crippen LogP) is 0.795. The molecule has 0 fully saturated rings. The Bertz CT molecular complexity index is 157. The molecule has 0 aliphatic carbocycles. The molecule has 0 atom stereocenters. The molecule has 0 aliphatic heterocycles. The van der Waals surface area contributed by atoms with Crippen LogP contribution in [0.25, 0.3) is 0 Å². The topological polar surface area (TPSA) is 73.3 Å². The molecule has 0 radical (unpaired) electrons. The van der Waals surface area contributed by atoms with Crippen LogP contribution in [0.2, 0.25) is 0 Å². The van der Waals surface area contributed by atoms with Gasteiger partial charge in [-0.3, -0.25) is 10.3 Å². The molecule has 4 nitrogen and oxygen atoms in total. The van der Waals surface area contributed by atoms with Crippen molar-refractivity contribution in [3.63, 3.8) is 0 Å². The average Bonchev–Trinajstić information content (AvgIpc) is 2.15. The quantitative estimate of drug-likeness (QED) is 0.401. The minimum absolute atomic E-state index is 0.175. The van der Waals surface area contributed by atoms with Crippen molar-refractivity contribution >= 4 is 5.84 Å². The number of nitrogens with zero attached hydrogens (tertiary/aromatic N) is 1. The van der Waals surface area contributed by atoms with Crippen LogP contribution in [-0.2, 0) is 0 Å². The monoisotopic (exact) mass is 201 g/mol. The van der Waals surface area contributed by atoms with Gasteiger partial charge in [0.05, 0.1) is 12.4 Å². The first-order valence-electron chi connectivity index (χ1n) is 5.33. The minimum atomic E-state index is 0.175. The number of amidine groups is 1. The lowest BCUT2D eigenvalue weighted by atomic mass is 10.1. The molecule has 0 aromatic heterocycles. The van der Waals surface area contributed by atoms with Gasteiger partial charge in [-0.05, 0) is 12.8 Å². The predicted molar refractivity (Wildman–Crippen MR) is 59.6 cm³/mol. The molecule has 0 bridgehead atoms. The van der Waals surface area contributed by atoms with Crippen molar-refractivity contribution in [3.8, 4) is 0 Å². The summed E-state index contributed by atoms with van der Waals surface area (Å²) in [5.74, 6) is 0.221. The van der Waals surface area contributed by atoms with Crippen molar-refractivity contribution in [2.45, 2.75) is 39.2 Å². The van der Waals surface area contributed by atoms with Crippen LogP contribution in [-0.4, -0.2) is 41.6 Å². The first kappa shape index (κ1) is 13.4. The lowest BCUT2D eigenvalue weighted by molar-refractivity contribution is 0.147. The van der Waals surface area contributed by atoms with E-state index in [1.54, 1.807) is 0 Å². The number of hydrogen-bond acceptors (Lipinski definition) is 3. The maximum atomic E-state index is 8.92. The van der Waals surface area contributed by atoms with E-state index in [1.165, 1.54) is 0 Å². The number of nitrogens with one attached hydrogen (secondary N) is 1. The SMILES string of the molecule is CCC(CC)N(CCO)CCC(=N)N. The lowest BCUT2D eigenvalue weighted by Gasteiger charge is -2.29. The van der Waals surface area contributed by atoms with E-state index in [-0.39, 0.29) is 12.4 Å². The third kappa shape index (κ3) is 5.19. The molecule has 0 aliphatic rings. The van der Waals surface area contributed by atoms with Gasteiger partial charge in [0.25, 0.3) is 0 Å². The Kier molecular flexibility index (Phi) is 7.42. The van der Waals surface area contributed by atoms with Crippen LogP contribution in [0.4, 0.5) is 0 Å². The summed E-state index contributed by atoms with van der Waals surface area (Å²) in [7, 11) is 0. The maximum Gasteiger partial charge on any atom is 0.0918 e. The summed E-state index contributed by atoms with van der Waals surface area (Å²) in [6.45, 7) is 5.93. The Labute approximate surface area is 86.6 Å². The second kappa shape index (κ2) is 7.76. The minimum Gasteiger partial charge on any atom is -0.395 e. The number of hydrogen-bond donors (Lipinski definition) is 3. The van der Waals surface area contributed by atoms with E-state index in [1.807, 2.05) is 0 Å². The maximum absolute atomic E-state index is 8.92. The van der Waals surface area contributed by atoms with Crippen LogP contribution >= 0.6 is 0 Å². The normalized spacial score (nSPS) is 11.2. The molecule has 0 aromatic carbocycles. The molecule has 14 heavy (non-hydrogen) atoms. The van der Waals surface area contributed by atoms with E-state index < -0.39 is 0 Å². The Morgan fingerprint density at radius 3 is 2.29 bits per heavy atom. The molecule has 0 saturated heterocycles.